The number of hydrogen-bond donors (Lipinski definition) is 1. The SMILES string of the molecule is CCCN(CC)CCNC(=NC)N1CCC(N(CC)CC)C1. The van der Waals surface area contributed by atoms with Gasteiger partial charge < -0.3 is 15.1 Å². The summed E-state index contributed by atoms with van der Waals surface area (Å²) in [7, 11) is 1.90. The first-order valence-corrected chi connectivity index (χ1v) is 9.11. The topological polar surface area (TPSA) is 34.1 Å². The molecule has 1 N–H and O–H groups in total. The van der Waals surface area contributed by atoms with Gasteiger partial charge in [0.05, 0.1) is 0 Å². The molecule has 0 saturated carbocycles. The molecule has 0 aromatic rings. The van der Waals surface area contributed by atoms with Crippen LogP contribution in [-0.4, -0.2) is 86.1 Å². The molecular weight excluding hydrogens is 274 g/mol. The van der Waals surface area contributed by atoms with Gasteiger partial charge in [-0.3, -0.25) is 9.89 Å². The molecule has 0 radical (unpaired) electrons. The second kappa shape index (κ2) is 10.8. The normalized spacial score (nSPS) is 19.5. The lowest BCUT2D eigenvalue weighted by Gasteiger charge is -2.27. The third-order valence-electron chi connectivity index (χ3n) is 4.70. The maximum Gasteiger partial charge on any atom is 0.193 e. The average Bonchev–Trinajstić information content (AvgIpc) is 3.01. The van der Waals surface area contributed by atoms with Crippen LogP contribution in [0.3, 0.4) is 0 Å². The van der Waals surface area contributed by atoms with Crippen molar-refractivity contribution in [1.29, 1.82) is 0 Å². The molecule has 1 unspecified atom stereocenters. The Bertz CT molecular complexity index is 314. The molecule has 0 aromatic carbocycles. The van der Waals surface area contributed by atoms with E-state index in [1.165, 1.54) is 19.4 Å². The third-order valence-corrected chi connectivity index (χ3v) is 4.70. The van der Waals surface area contributed by atoms with Crippen molar-refractivity contribution in [2.75, 3.05) is 59.4 Å². The highest BCUT2D eigenvalue weighted by Gasteiger charge is 2.27. The van der Waals surface area contributed by atoms with E-state index >= 15 is 0 Å². The van der Waals surface area contributed by atoms with E-state index in [1.807, 2.05) is 7.05 Å². The Balaban J connectivity index is 2.39. The summed E-state index contributed by atoms with van der Waals surface area (Å²) in [5.74, 6) is 1.07. The monoisotopic (exact) mass is 311 g/mol. The number of guanidine groups is 1. The molecule has 1 saturated heterocycles. The van der Waals surface area contributed by atoms with Crippen LogP contribution in [0.5, 0.6) is 0 Å². The Morgan fingerprint density at radius 1 is 1.14 bits per heavy atom. The van der Waals surface area contributed by atoms with Crippen LogP contribution in [0.2, 0.25) is 0 Å². The summed E-state index contributed by atoms with van der Waals surface area (Å²) in [6, 6.07) is 0.681. The van der Waals surface area contributed by atoms with E-state index in [4.69, 9.17) is 0 Å². The molecule has 1 atom stereocenters. The van der Waals surface area contributed by atoms with Gasteiger partial charge in [0.1, 0.15) is 0 Å². The van der Waals surface area contributed by atoms with Crippen LogP contribution < -0.4 is 5.32 Å². The van der Waals surface area contributed by atoms with Gasteiger partial charge in [0, 0.05) is 39.3 Å². The van der Waals surface area contributed by atoms with Crippen molar-refractivity contribution < 1.29 is 0 Å². The molecule has 5 heteroatoms. The first kappa shape index (κ1) is 19.2. The van der Waals surface area contributed by atoms with Crippen LogP contribution in [0.15, 0.2) is 4.99 Å². The summed E-state index contributed by atoms with van der Waals surface area (Å²) in [5.41, 5.74) is 0. The molecule has 0 amide bonds. The quantitative estimate of drug-likeness (QED) is 0.519. The van der Waals surface area contributed by atoms with Crippen LogP contribution in [0.25, 0.3) is 0 Å². The Kier molecular flexibility index (Phi) is 9.48. The maximum absolute atomic E-state index is 4.48. The number of rotatable bonds is 9. The van der Waals surface area contributed by atoms with Crippen LogP contribution in [0, 0.1) is 0 Å². The fraction of sp³-hybridized carbons (Fsp3) is 0.941. The minimum atomic E-state index is 0.681. The van der Waals surface area contributed by atoms with Crippen LogP contribution >= 0.6 is 0 Å². The number of nitrogens with zero attached hydrogens (tertiary/aromatic N) is 4. The summed E-state index contributed by atoms with van der Waals surface area (Å²) in [6.45, 7) is 17.9. The van der Waals surface area contributed by atoms with E-state index < -0.39 is 0 Å². The molecule has 130 valence electrons. The van der Waals surface area contributed by atoms with Crippen molar-refractivity contribution in [3.63, 3.8) is 0 Å². The van der Waals surface area contributed by atoms with Crippen molar-refractivity contribution >= 4 is 5.96 Å². The molecule has 1 fully saturated rings. The lowest BCUT2D eigenvalue weighted by molar-refractivity contribution is 0.223. The highest BCUT2D eigenvalue weighted by atomic mass is 15.3. The van der Waals surface area contributed by atoms with Gasteiger partial charge in [0.15, 0.2) is 5.96 Å². The molecule has 1 aliphatic rings. The number of likely N-dealkylation sites (N-methyl/N-ethyl adjacent to an activating group) is 2. The van der Waals surface area contributed by atoms with E-state index in [1.54, 1.807) is 0 Å². The van der Waals surface area contributed by atoms with Gasteiger partial charge in [-0.15, -0.1) is 0 Å². The van der Waals surface area contributed by atoms with Crippen molar-refractivity contribution in [2.45, 2.75) is 46.6 Å². The van der Waals surface area contributed by atoms with Crippen LogP contribution in [0.4, 0.5) is 0 Å². The van der Waals surface area contributed by atoms with Gasteiger partial charge in [-0.1, -0.05) is 27.7 Å². The van der Waals surface area contributed by atoms with E-state index in [0.29, 0.717) is 6.04 Å². The van der Waals surface area contributed by atoms with Gasteiger partial charge in [-0.2, -0.15) is 0 Å². The Labute approximate surface area is 137 Å². The van der Waals surface area contributed by atoms with Gasteiger partial charge in [-0.25, -0.2) is 0 Å². The molecular formula is C17H37N5. The van der Waals surface area contributed by atoms with Gasteiger partial charge in [0.2, 0.25) is 0 Å². The van der Waals surface area contributed by atoms with E-state index in [9.17, 15) is 0 Å². The molecule has 0 bridgehead atoms. The first-order chi connectivity index (χ1) is 10.7. The zero-order valence-electron chi connectivity index (χ0n) is 15.4. The standard InChI is InChI=1S/C17H37N5/c1-6-12-20(7-2)14-11-19-17(18-5)22-13-10-16(15-22)21(8-3)9-4/h16H,6-15H2,1-5H3,(H,18,19). The summed E-state index contributed by atoms with van der Waals surface area (Å²) in [5, 5.41) is 3.55. The molecule has 1 rings (SSSR count). The number of aliphatic imine (C=N–C) groups is 1. The Morgan fingerprint density at radius 3 is 2.41 bits per heavy atom. The van der Waals surface area contributed by atoms with E-state index in [-0.39, 0.29) is 0 Å². The summed E-state index contributed by atoms with van der Waals surface area (Å²) < 4.78 is 0. The van der Waals surface area contributed by atoms with Crippen molar-refractivity contribution in [3.05, 3.63) is 0 Å². The van der Waals surface area contributed by atoms with Crippen LogP contribution in [0.1, 0.15) is 40.5 Å². The fourth-order valence-electron chi connectivity index (χ4n) is 3.37. The predicted octanol–water partition coefficient (Wildman–Crippen LogP) is 1.71. The minimum absolute atomic E-state index is 0.681. The number of nitrogens with one attached hydrogen (secondary N) is 1. The first-order valence-electron chi connectivity index (χ1n) is 9.11. The van der Waals surface area contributed by atoms with Crippen molar-refractivity contribution in [3.8, 4) is 0 Å². The van der Waals surface area contributed by atoms with Crippen molar-refractivity contribution in [1.82, 2.24) is 20.0 Å². The average molecular weight is 312 g/mol. The Morgan fingerprint density at radius 2 is 1.86 bits per heavy atom. The lowest BCUT2D eigenvalue weighted by Crippen LogP contribution is -2.45. The van der Waals surface area contributed by atoms with E-state index in [2.05, 4.69) is 52.7 Å². The van der Waals surface area contributed by atoms with Gasteiger partial charge in [0.25, 0.3) is 0 Å². The summed E-state index contributed by atoms with van der Waals surface area (Å²) >= 11 is 0. The molecule has 1 heterocycles. The maximum atomic E-state index is 4.48. The zero-order chi connectivity index (χ0) is 16.4. The number of likely N-dealkylation sites (tertiary alicyclic amines) is 1. The zero-order valence-corrected chi connectivity index (χ0v) is 15.4. The van der Waals surface area contributed by atoms with Crippen LogP contribution in [-0.2, 0) is 0 Å². The lowest BCUT2D eigenvalue weighted by atomic mass is 10.2. The summed E-state index contributed by atoms with van der Waals surface area (Å²) in [4.78, 5) is 11.9. The molecule has 22 heavy (non-hydrogen) atoms. The van der Waals surface area contributed by atoms with Gasteiger partial charge >= 0.3 is 0 Å². The highest BCUT2D eigenvalue weighted by molar-refractivity contribution is 5.80. The predicted molar refractivity (Wildman–Crippen MR) is 96.7 cm³/mol. The second-order valence-electron chi connectivity index (χ2n) is 6.02. The smallest absolute Gasteiger partial charge is 0.193 e. The number of hydrogen-bond acceptors (Lipinski definition) is 3. The third kappa shape index (κ3) is 5.76. The molecule has 0 aromatic heterocycles. The second-order valence-corrected chi connectivity index (χ2v) is 6.02. The van der Waals surface area contributed by atoms with Gasteiger partial charge in [-0.05, 0) is 39.0 Å². The fourth-order valence-corrected chi connectivity index (χ4v) is 3.37. The van der Waals surface area contributed by atoms with E-state index in [0.717, 1.165) is 51.8 Å². The molecule has 1 aliphatic heterocycles. The molecule has 0 aliphatic carbocycles. The molecule has 0 spiro atoms. The highest BCUT2D eigenvalue weighted by Crippen LogP contribution is 2.15. The largest absolute Gasteiger partial charge is 0.355 e. The minimum Gasteiger partial charge on any atom is -0.355 e. The molecule has 5 nitrogen and oxygen atoms in total. The van der Waals surface area contributed by atoms with Crippen molar-refractivity contribution in [2.24, 2.45) is 4.99 Å². The Hall–Kier alpha value is -0.810. The summed E-state index contributed by atoms with van der Waals surface area (Å²) in [6.07, 6.45) is 2.47.